The smallest absolute Gasteiger partial charge is 0.257 e. The summed E-state index contributed by atoms with van der Waals surface area (Å²) in [5, 5.41) is 0. The molecule has 1 aromatic rings. The SMILES string of the molecule is CCN(CC)CCCN(CC)C(=O)c1cnccc1N. The van der Waals surface area contributed by atoms with E-state index >= 15 is 0 Å². The Morgan fingerprint density at radius 1 is 1.20 bits per heavy atom. The first-order valence-electron chi connectivity index (χ1n) is 7.35. The second kappa shape index (κ2) is 8.53. The molecular weight excluding hydrogens is 252 g/mol. The number of hydrogen-bond acceptors (Lipinski definition) is 4. The van der Waals surface area contributed by atoms with Crippen molar-refractivity contribution >= 4 is 11.6 Å². The summed E-state index contributed by atoms with van der Waals surface area (Å²) in [6.45, 7) is 10.8. The van der Waals surface area contributed by atoms with E-state index in [0.29, 0.717) is 17.8 Å². The maximum absolute atomic E-state index is 12.4. The molecular formula is C15H26N4O. The normalized spacial score (nSPS) is 10.8. The Hall–Kier alpha value is -1.62. The number of nitrogens with two attached hydrogens (primary N) is 1. The van der Waals surface area contributed by atoms with Crippen LogP contribution < -0.4 is 5.73 Å². The summed E-state index contributed by atoms with van der Waals surface area (Å²) in [6, 6.07) is 1.66. The Morgan fingerprint density at radius 3 is 2.45 bits per heavy atom. The van der Waals surface area contributed by atoms with Crippen LogP contribution in [0.3, 0.4) is 0 Å². The lowest BCUT2D eigenvalue weighted by Gasteiger charge is -2.24. The zero-order chi connectivity index (χ0) is 15.0. The van der Waals surface area contributed by atoms with Crippen molar-refractivity contribution in [1.29, 1.82) is 0 Å². The lowest BCUT2D eigenvalue weighted by Crippen LogP contribution is -2.34. The van der Waals surface area contributed by atoms with Gasteiger partial charge in [0.1, 0.15) is 0 Å². The number of amides is 1. The van der Waals surface area contributed by atoms with E-state index in [4.69, 9.17) is 5.73 Å². The predicted molar refractivity (Wildman–Crippen MR) is 82.6 cm³/mol. The van der Waals surface area contributed by atoms with Crippen LogP contribution in [0.4, 0.5) is 5.69 Å². The molecule has 2 N–H and O–H groups in total. The van der Waals surface area contributed by atoms with Gasteiger partial charge in [-0.05, 0) is 39.0 Å². The molecule has 0 bridgehead atoms. The summed E-state index contributed by atoms with van der Waals surface area (Å²) in [7, 11) is 0. The van der Waals surface area contributed by atoms with E-state index in [0.717, 1.165) is 32.6 Å². The summed E-state index contributed by atoms with van der Waals surface area (Å²) in [6.07, 6.45) is 4.12. The minimum atomic E-state index is -0.0300. The first kappa shape index (κ1) is 16.4. The van der Waals surface area contributed by atoms with E-state index in [1.54, 1.807) is 18.5 Å². The molecule has 0 atom stereocenters. The highest BCUT2D eigenvalue weighted by Gasteiger charge is 2.16. The van der Waals surface area contributed by atoms with Crippen LogP contribution >= 0.6 is 0 Å². The van der Waals surface area contributed by atoms with Gasteiger partial charge in [-0.1, -0.05) is 13.8 Å². The van der Waals surface area contributed by atoms with Crippen molar-refractivity contribution in [3.63, 3.8) is 0 Å². The number of carbonyl (C=O) groups excluding carboxylic acids is 1. The van der Waals surface area contributed by atoms with Crippen molar-refractivity contribution in [1.82, 2.24) is 14.8 Å². The lowest BCUT2D eigenvalue weighted by atomic mass is 10.2. The minimum absolute atomic E-state index is 0.0300. The van der Waals surface area contributed by atoms with E-state index in [1.807, 2.05) is 11.8 Å². The molecule has 0 saturated carbocycles. The first-order valence-corrected chi connectivity index (χ1v) is 7.35. The highest BCUT2D eigenvalue weighted by Crippen LogP contribution is 2.12. The Bertz CT molecular complexity index is 418. The quantitative estimate of drug-likeness (QED) is 0.788. The molecule has 112 valence electrons. The van der Waals surface area contributed by atoms with E-state index in [9.17, 15) is 4.79 Å². The molecule has 0 radical (unpaired) electrons. The van der Waals surface area contributed by atoms with Gasteiger partial charge in [-0.3, -0.25) is 9.78 Å². The molecule has 1 heterocycles. The monoisotopic (exact) mass is 278 g/mol. The molecule has 1 rings (SSSR count). The Kier molecular flexibility index (Phi) is 7.01. The van der Waals surface area contributed by atoms with Gasteiger partial charge in [-0.25, -0.2) is 0 Å². The van der Waals surface area contributed by atoms with Gasteiger partial charge in [0.05, 0.1) is 5.56 Å². The third-order valence-corrected chi connectivity index (χ3v) is 3.55. The molecule has 5 nitrogen and oxygen atoms in total. The minimum Gasteiger partial charge on any atom is -0.398 e. The molecule has 1 amide bonds. The highest BCUT2D eigenvalue weighted by atomic mass is 16.2. The molecule has 0 fully saturated rings. The second-order valence-electron chi connectivity index (χ2n) is 4.73. The third-order valence-electron chi connectivity index (χ3n) is 3.55. The topological polar surface area (TPSA) is 62.5 Å². The fraction of sp³-hybridized carbons (Fsp3) is 0.600. The molecule has 0 aliphatic carbocycles. The highest BCUT2D eigenvalue weighted by molar-refractivity contribution is 5.98. The Morgan fingerprint density at radius 2 is 1.90 bits per heavy atom. The van der Waals surface area contributed by atoms with Crippen molar-refractivity contribution in [2.75, 3.05) is 38.5 Å². The van der Waals surface area contributed by atoms with Gasteiger partial charge in [0.25, 0.3) is 5.91 Å². The van der Waals surface area contributed by atoms with Crippen molar-refractivity contribution in [2.24, 2.45) is 0 Å². The average Bonchev–Trinajstić information content (AvgIpc) is 2.47. The van der Waals surface area contributed by atoms with Crippen molar-refractivity contribution in [2.45, 2.75) is 27.2 Å². The largest absolute Gasteiger partial charge is 0.398 e. The maximum Gasteiger partial charge on any atom is 0.257 e. The fourth-order valence-corrected chi connectivity index (χ4v) is 2.18. The second-order valence-corrected chi connectivity index (χ2v) is 4.73. The van der Waals surface area contributed by atoms with Crippen LogP contribution in [0.2, 0.25) is 0 Å². The van der Waals surface area contributed by atoms with E-state index in [-0.39, 0.29) is 5.91 Å². The summed E-state index contributed by atoms with van der Waals surface area (Å²) in [5.41, 5.74) is 6.83. The number of nitrogen functional groups attached to an aromatic ring is 1. The molecule has 0 aromatic carbocycles. The van der Waals surface area contributed by atoms with Crippen LogP contribution in [-0.4, -0.2) is 53.4 Å². The maximum atomic E-state index is 12.4. The van der Waals surface area contributed by atoms with Crippen LogP contribution in [-0.2, 0) is 0 Å². The van der Waals surface area contributed by atoms with Gasteiger partial charge in [0.2, 0.25) is 0 Å². The Balaban J connectivity index is 2.58. The van der Waals surface area contributed by atoms with Gasteiger partial charge in [0, 0.05) is 31.2 Å². The number of pyridine rings is 1. The third kappa shape index (κ3) is 4.49. The molecule has 20 heavy (non-hydrogen) atoms. The van der Waals surface area contributed by atoms with Gasteiger partial charge in [0.15, 0.2) is 0 Å². The Labute approximate surface area is 121 Å². The summed E-state index contributed by atoms with van der Waals surface area (Å²) in [4.78, 5) is 20.6. The molecule has 1 aromatic heterocycles. The number of anilines is 1. The number of nitrogens with zero attached hydrogens (tertiary/aromatic N) is 3. The lowest BCUT2D eigenvalue weighted by molar-refractivity contribution is 0.0758. The van der Waals surface area contributed by atoms with Crippen LogP contribution in [0.5, 0.6) is 0 Å². The van der Waals surface area contributed by atoms with Crippen LogP contribution in [0.25, 0.3) is 0 Å². The van der Waals surface area contributed by atoms with Crippen molar-refractivity contribution in [3.05, 3.63) is 24.0 Å². The van der Waals surface area contributed by atoms with Gasteiger partial charge in [-0.15, -0.1) is 0 Å². The summed E-state index contributed by atoms with van der Waals surface area (Å²) in [5.74, 6) is -0.0300. The number of carbonyl (C=O) groups is 1. The average molecular weight is 278 g/mol. The number of aromatic nitrogens is 1. The van der Waals surface area contributed by atoms with Crippen molar-refractivity contribution in [3.8, 4) is 0 Å². The van der Waals surface area contributed by atoms with Gasteiger partial charge < -0.3 is 15.5 Å². The molecule has 5 heteroatoms. The first-order chi connectivity index (χ1) is 9.63. The zero-order valence-electron chi connectivity index (χ0n) is 12.8. The molecule has 0 unspecified atom stereocenters. The predicted octanol–water partition coefficient (Wildman–Crippen LogP) is 1.86. The van der Waals surface area contributed by atoms with Crippen LogP contribution in [0.15, 0.2) is 18.5 Å². The standard InChI is InChI=1S/C15H26N4O/c1-4-18(5-2)10-7-11-19(6-3)15(20)13-12-17-9-8-14(13)16/h8-9,12H,4-7,10-11H2,1-3H3,(H2,16,17). The van der Waals surface area contributed by atoms with Crippen molar-refractivity contribution < 1.29 is 4.79 Å². The van der Waals surface area contributed by atoms with E-state index < -0.39 is 0 Å². The number of rotatable bonds is 8. The van der Waals surface area contributed by atoms with Gasteiger partial charge >= 0.3 is 0 Å². The van der Waals surface area contributed by atoms with Crippen LogP contribution in [0, 0.1) is 0 Å². The summed E-state index contributed by atoms with van der Waals surface area (Å²) < 4.78 is 0. The fourth-order valence-electron chi connectivity index (χ4n) is 2.18. The van der Waals surface area contributed by atoms with E-state index in [2.05, 4.69) is 23.7 Å². The van der Waals surface area contributed by atoms with E-state index in [1.165, 1.54) is 0 Å². The molecule has 0 aliphatic rings. The molecule has 0 aliphatic heterocycles. The van der Waals surface area contributed by atoms with Crippen LogP contribution in [0.1, 0.15) is 37.6 Å². The molecule has 0 saturated heterocycles. The number of hydrogen-bond donors (Lipinski definition) is 1. The summed E-state index contributed by atoms with van der Waals surface area (Å²) >= 11 is 0. The molecule has 0 spiro atoms. The zero-order valence-corrected chi connectivity index (χ0v) is 12.8. The van der Waals surface area contributed by atoms with Gasteiger partial charge in [-0.2, -0.15) is 0 Å².